The third-order valence-corrected chi connectivity index (χ3v) is 5.83. The van der Waals surface area contributed by atoms with Gasteiger partial charge in [-0.1, -0.05) is 24.3 Å². The van der Waals surface area contributed by atoms with Crippen LogP contribution in [0.4, 0.5) is 5.69 Å². The summed E-state index contributed by atoms with van der Waals surface area (Å²) in [6, 6.07) is 18.0. The van der Waals surface area contributed by atoms with Gasteiger partial charge in [0.1, 0.15) is 5.75 Å². The lowest BCUT2D eigenvalue weighted by molar-refractivity contribution is 0.191. The first-order valence-corrected chi connectivity index (χ1v) is 10.8. The molecule has 0 spiro atoms. The van der Waals surface area contributed by atoms with Crippen LogP contribution >= 0.6 is 0 Å². The number of para-hydroxylation sites is 2. The maximum atomic E-state index is 9.22. The number of anilines is 1. The minimum atomic E-state index is -0.247. The molecule has 2 aromatic carbocycles. The van der Waals surface area contributed by atoms with Crippen molar-refractivity contribution in [3.8, 4) is 11.8 Å². The Morgan fingerprint density at radius 2 is 1.69 bits per heavy atom. The number of tetrazole rings is 1. The van der Waals surface area contributed by atoms with Crippen LogP contribution in [0.1, 0.15) is 43.8 Å². The number of piperazine rings is 1. The molecule has 0 radical (unpaired) electrons. The van der Waals surface area contributed by atoms with E-state index < -0.39 is 0 Å². The van der Waals surface area contributed by atoms with Gasteiger partial charge in [-0.25, -0.2) is 4.68 Å². The first-order valence-electron chi connectivity index (χ1n) is 10.8. The monoisotopic (exact) mass is 431 g/mol. The number of hydrogen-bond donors (Lipinski definition) is 0. The summed E-state index contributed by atoms with van der Waals surface area (Å²) in [7, 11) is 1.71. The van der Waals surface area contributed by atoms with Crippen LogP contribution in [-0.4, -0.2) is 58.4 Å². The summed E-state index contributed by atoms with van der Waals surface area (Å²) >= 11 is 0. The molecule has 1 atom stereocenters. The average molecular weight is 432 g/mol. The molecule has 1 aromatic heterocycles. The fourth-order valence-corrected chi connectivity index (χ4v) is 4.22. The van der Waals surface area contributed by atoms with Gasteiger partial charge in [-0.15, -0.1) is 5.10 Å². The van der Waals surface area contributed by atoms with Crippen molar-refractivity contribution in [2.45, 2.75) is 32.4 Å². The highest BCUT2D eigenvalue weighted by Gasteiger charge is 2.33. The summed E-state index contributed by atoms with van der Waals surface area (Å²) in [6.07, 6.45) is 0. The number of ether oxygens (including phenoxy) is 1. The van der Waals surface area contributed by atoms with Crippen LogP contribution in [0.2, 0.25) is 0 Å². The van der Waals surface area contributed by atoms with E-state index >= 15 is 0 Å². The van der Waals surface area contributed by atoms with Gasteiger partial charge in [-0.2, -0.15) is 5.26 Å². The topological polar surface area (TPSA) is 83.1 Å². The molecule has 32 heavy (non-hydrogen) atoms. The lowest BCUT2D eigenvalue weighted by Crippen LogP contribution is -2.48. The van der Waals surface area contributed by atoms with E-state index in [0.29, 0.717) is 5.56 Å². The number of nitrogens with zero attached hydrogens (tertiary/aromatic N) is 7. The van der Waals surface area contributed by atoms with Crippen molar-refractivity contribution >= 4 is 5.69 Å². The van der Waals surface area contributed by atoms with Crippen molar-refractivity contribution in [2.75, 3.05) is 38.2 Å². The van der Waals surface area contributed by atoms with E-state index in [1.807, 2.05) is 47.1 Å². The number of rotatable bonds is 5. The molecule has 4 rings (SSSR count). The molecule has 0 unspecified atom stereocenters. The molecule has 0 aliphatic carbocycles. The van der Waals surface area contributed by atoms with E-state index in [1.54, 1.807) is 7.11 Å². The molecule has 0 amide bonds. The molecule has 0 bridgehead atoms. The Labute approximate surface area is 189 Å². The number of aromatic nitrogens is 4. The second kappa shape index (κ2) is 8.97. The zero-order valence-electron chi connectivity index (χ0n) is 19.1. The molecule has 0 N–H and O–H groups in total. The van der Waals surface area contributed by atoms with Crippen LogP contribution in [-0.2, 0) is 5.54 Å². The summed E-state index contributed by atoms with van der Waals surface area (Å²) in [5.74, 6) is 1.70. The Morgan fingerprint density at radius 3 is 2.31 bits per heavy atom. The Bertz CT molecular complexity index is 1090. The van der Waals surface area contributed by atoms with Gasteiger partial charge in [0.05, 0.1) is 36.0 Å². The van der Waals surface area contributed by atoms with Crippen molar-refractivity contribution in [2.24, 2.45) is 0 Å². The maximum Gasteiger partial charge on any atom is 0.173 e. The fraction of sp³-hybridized carbons (Fsp3) is 0.417. The summed E-state index contributed by atoms with van der Waals surface area (Å²) in [6.45, 7) is 9.72. The highest BCUT2D eigenvalue weighted by molar-refractivity contribution is 5.58. The summed E-state index contributed by atoms with van der Waals surface area (Å²) in [5.41, 5.74) is 2.59. The van der Waals surface area contributed by atoms with Crippen molar-refractivity contribution in [3.05, 3.63) is 65.5 Å². The highest BCUT2D eigenvalue weighted by Crippen LogP contribution is 2.33. The lowest BCUT2D eigenvalue weighted by atomic mass is 10.0. The van der Waals surface area contributed by atoms with E-state index in [1.165, 1.54) is 0 Å². The van der Waals surface area contributed by atoms with E-state index in [-0.39, 0.29) is 11.6 Å². The largest absolute Gasteiger partial charge is 0.495 e. The standard InChI is InChI=1S/C24H29N7O/c1-24(2,3)31-23(26-27-28-31)22(19-11-9-18(17-25)10-12-19)30-15-13-29(14-16-30)20-7-5-6-8-21(20)32-4/h5-12,22H,13-16H2,1-4H3/t22-/m1/s1. The third kappa shape index (κ3) is 4.30. The van der Waals surface area contributed by atoms with E-state index in [4.69, 9.17) is 4.74 Å². The van der Waals surface area contributed by atoms with Crippen LogP contribution in [0.5, 0.6) is 5.75 Å². The third-order valence-electron chi connectivity index (χ3n) is 5.83. The van der Waals surface area contributed by atoms with Gasteiger partial charge in [0.25, 0.3) is 0 Å². The maximum absolute atomic E-state index is 9.22. The molecule has 166 valence electrons. The number of hydrogen-bond acceptors (Lipinski definition) is 7. The van der Waals surface area contributed by atoms with Crippen LogP contribution in [0.3, 0.4) is 0 Å². The molecule has 1 aliphatic heterocycles. The Hall–Kier alpha value is -3.44. The molecule has 1 aliphatic rings. The second-order valence-electron chi connectivity index (χ2n) is 8.95. The Kier molecular flexibility index (Phi) is 6.10. The molecule has 1 saturated heterocycles. The van der Waals surface area contributed by atoms with Gasteiger partial charge in [-0.3, -0.25) is 4.90 Å². The van der Waals surface area contributed by atoms with Gasteiger partial charge in [0.2, 0.25) is 0 Å². The first kappa shape index (κ1) is 21.8. The highest BCUT2D eigenvalue weighted by atomic mass is 16.5. The minimum Gasteiger partial charge on any atom is -0.495 e. The lowest BCUT2D eigenvalue weighted by Gasteiger charge is -2.40. The fourth-order valence-electron chi connectivity index (χ4n) is 4.22. The van der Waals surface area contributed by atoms with Crippen LogP contribution < -0.4 is 9.64 Å². The number of methoxy groups -OCH3 is 1. The van der Waals surface area contributed by atoms with Crippen molar-refractivity contribution in [1.82, 2.24) is 25.1 Å². The van der Waals surface area contributed by atoms with Crippen molar-refractivity contribution in [1.29, 1.82) is 5.26 Å². The molecule has 0 saturated carbocycles. The van der Waals surface area contributed by atoms with Crippen molar-refractivity contribution < 1.29 is 4.74 Å². The number of nitriles is 1. The molecular formula is C24H29N7O. The molecule has 1 fully saturated rings. The molecule has 2 heterocycles. The Morgan fingerprint density at radius 1 is 1.00 bits per heavy atom. The average Bonchev–Trinajstić information content (AvgIpc) is 3.30. The van der Waals surface area contributed by atoms with E-state index in [9.17, 15) is 5.26 Å². The van der Waals surface area contributed by atoms with Crippen LogP contribution in [0.15, 0.2) is 48.5 Å². The number of benzene rings is 2. The van der Waals surface area contributed by atoms with E-state index in [0.717, 1.165) is 49.0 Å². The van der Waals surface area contributed by atoms with Crippen molar-refractivity contribution in [3.63, 3.8) is 0 Å². The van der Waals surface area contributed by atoms with E-state index in [2.05, 4.69) is 58.2 Å². The van der Waals surface area contributed by atoms with Crippen LogP contribution in [0, 0.1) is 11.3 Å². The predicted octanol–water partition coefficient (Wildman–Crippen LogP) is 3.22. The normalized spacial score (nSPS) is 15.9. The van der Waals surface area contributed by atoms with Gasteiger partial charge in [0.15, 0.2) is 5.82 Å². The second-order valence-corrected chi connectivity index (χ2v) is 8.95. The zero-order valence-corrected chi connectivity index (χ0v) is 19.1. The molecular weight excluding hydrogens is 402 g/mol. The summed E-state index contributed by atoms with van der Waals surface area (Å²) < 4.78 is 7.47. The van der Waals surface area contributed by atoms with Gasteiger partial charge >= 0.3 is 0 Å². The summed E-state index contributed by atoms with van der Waals surface area (Å²) in [5, 5.41) is 22.0. The zero-order chi connectivity index (χ0) is 22.7. The minimum absolute atomic E-state index is 0.100. The first-order chi connectivity index (χ1) is 15.4. The smallest absolute Gasteiger partial charge is 0.173 e. The van der Waals surface area contributed by atoms with Gasteiger partial charge < -0.3 is 9.64 Å². The molecule has 8 nitrogen and oxygen atoms in total. The van der Waals surface area contributed by atoms with Gasteiger partial charge in [0, 0.05) is 26.2 Å². The molecule has 8 heteroatoms. The van der Waals surface area contributed by atoms with Gasteiger partial charge in [-0.05, 0) is 61.0 Å². The summed E-state index contributed by atoms with van der Waals surface area (Å²) in [4.78, 5) is 4.78. The quantitative estimate of drug-likeness (QED) is 0.613. The SMILES string of the molecule is COc1ccccc1N1CCN([C@H](c2ccc(C#N)cc2)c2nnnn2C(C)(C)C)CC1. The van der Waals surface area contributed by atoms with Crippen LogP contribution in [0.25, 0.3) is 0 Å². The predicted molar refractivity (Wildman–Crippen MR) is 123 cm³/mol. The molecule has 3 aromatic rings. The Balaban J connectivity index is 1.64.